The van der Waals surface area contributed by atoms with Crippen molar-refractivity contribution >= 4 is 35.2 Å². The van der Waals surface area contributed by atoms with Gasteiger partial charge in [0.1, 0.15) is 23.0 Å². The Morgan fingerprint density at radius 3 is 2.23 bits per heavy atom. The summed E-state index contributed by atoms with van der Waals surface area (Å²) >= 11 is 1.06. The van der Waals surface area contributed by atoms with E-state index in [0.29, 0.717) is 5.01 Å². The fraction of sp³-hybridized carbons (Fsp3) is 0.208. The lowest BCUT2D eigenvalue weighted by molar-refractivity contribution is -0.137. The van der Waals surface area contributed by atoms with Crippen LogP contribution in [-0.4, -0.2) is 53.7 Å². The molecular formula is C24H22N4O6S. The van der Waals surface area contributed by atoms with Gasteiger partial charge in [-0.05, 0) is 22.3 Å². The number of hydrogen-bond acceptors (Lipinski definition) is 7. The van der Waals surface area contributed by atoms with Gasteiger partial charge in [-0.2, -0.15) is 0 Å². The van der Waals surface area contributed by atoms with Gasteiger partial charge in [-0.1, -0.05) is 48.5 Å². The van der Waals surface area contributed by atoms with Crippen molar-refractivity contribution in [3.05, 3.63) is 75.7 Å². The van der Waals surface area contributed by atoms with Gasteiger partial charge >= 0.3 is 12.1 Å². The van der Waals surface area contributed by atoms with Crippen molar-refractivity contribution in [3.8, 4) is 11.1 Å². The summed E-state index contributed by atoms with van der Waals surface area (Å²) in [6.45, 7) is -0.624. The Morgan fingerprint density at radius 2 is 1.57 bits per heavy atom. The molecule has 0 saturated heterocycles. The van der Waals surface area contributed by atoms with Crippen LogP contribution in [0.4, 0.5) is 4.79 Å². The highest BCUT2D eigenvalue weighted by atomic mass is 32.1. The van der Waals surface area contributed by atoms with E-state index in [9.17, 15) is 19.2 Å². The molecule has 35 heavy (non-hydrogen) atoms. The summed E-state index contributed by atoms with van der Waals surface area (Å²) in [6, 6.07) is 16.1. The van der Waals surface area contributed by atoms with Crippen LogP contribution in [0.25, 0.3) is 11.1 Å². The second-order valence-electron chi connectivity index (χ2n) is 7.65. The third-order valence-corrected chi connectivity index (χ3v) is 6.35. The fourth-order valence-corrected chi connectivity index (χ4v) is 4.55. The number of carbonyl (C=O) groups is 4. The van der Waals surface area contributed by atoms with Crippen LogP contribution in [-0.2, 0) is 20.9 Å². The molecule has 0 unspecified atom stereocenters. The topological polar surface area (TPSA) is 147 Å². The number of carbonyl (C=O) groups excluding carboxylic acids is 3. The molecule has 0 saturated carbocycles. The molecule has 0 atom stereocenters. The van der Waals surface area contributed by atoms with Crippen molar-refractivity contribution in [1.82, 2.24) is 20.9 Å². The molecule has 0 aliphatic heterocycles. The Labute approximate surface area is 204 Å². The van der Waals surface area contributed by atoms with Gasteiger partial charge in [0.25, 0.3) is 5.91 Å². The lowest BCUT2D eigenvalue weighted by Crippen LogP contribution is -2.38. The first kappa shape index (κ1) is 23.9. The molecule has 0 spiro atoms. The first-order chi connectivity index (χ1) is 16.9. The Morgan fingerprint density at radius 1 is 0.914 bits per heavy atom. The monoisotopic (exact) mass is 494 g/mol. The first-order valence-corrected chi connectivity index (χ1v) is 11.5. The molecule has 0 fully saturated rings. The van der Waals surface area contributed by atoms with Crippen molar-refractivity contribution < 1.29 is 29.0 Å². The number of benzene rings is 2. The van der Waals surface area contributed by atoms with Crippen molar-refractivity contribution in [2.75, 3.05) is 19.7 Å². The van der Waals surface area contributed by atoms with Gasteiger partial charge in [0.05, 0.1) is 19.3 Å². The summed E-state index contributed by atoms with van der Waals surface area (Å²) in [6.07, 6.45) is 0.743. The molecule has 3 aromatic rings. The largest absolute Gasteiger partial charge is 0.480 e. The lowest BCUT2D eigenvalue weighted by atomic mass is 9.98. The zero-order chi connectivity index (χ0) is 24.8. The third kappa shape index (κ3) is 5.82. The molecule has 180 valence electrons. The zero-order valence-corrected chi connectivity index (χ0v) is 19.3. The average molecular weight is 495 g/mol. The highest BCUT2D eigenvalue weighted by Gasteiger charge is 2.29. The van der Waals surface area contributed by atoms with E-state index in [-0.39, 0.29) is 30.5 Å². The first-order valence-electron chi connectivity index (χ1n) is 10.7. The van der Waals surface area contributed by atoms with Crippen LogP contribution in [0.2, 0.25) is 0 Å². The van der Waals surface area contributed by atoms with Gasteiger partial charge in [0.2, 0.25) is 5.91 Å². The summed E-state index contributed by atoms with van der Waals surface area (Å²) in [4.78, 5) is 50.7. The maximum atomic E-state index is 12.3. The number of aromatic nitrogens is 1. The van der Waals surface area contributed by atoms with Crippen molar-refractivity contribution in [2.24, 2.45) is 0 Å². The number of fused-ring (bicyclic) bond motifs is 3. The number of nitrogens with one attached hydrogen (secondary N) is 3. The SMILES string of the molecule is O=C(O)CNC(=O)CNC(=O)c1cnc(CNC(=O)OCC2c3ccccc3-c3ccccc32)s1. The molecule has 11 heteroatoms. The Balaban J connectivity index is 1.25. The van der Waals surface area contributed by atoms with Crippen molar-refractivity contribution in [1.29, 1.82) is 0 Å². The van der Waals surface area contributed by atoms with Crippen LogP contribution in [0.3, 0.4) is 0 Å². The molecular weight excluding hydrogens is 472 g/mol. The van der Waals surface area contributed by atoms with E-state index < -0.39 is 30.4 Å². The van der Waals surface area contributed by atoms with E-state index in [1.54, 1.807) is 0 Å². The van der Waals surface area contributed by atoms with Crippen LogP contribution < -0.4 is 16.0 Å². The standard InChI is InChI=1S/C24H22N4O6S/c29-20(25-12-22(30)31)10-27-23(32)19-9-26-21(35-19)11-28-24(33)34-13-18-16-7-3-1-5-14(16)15-6-2-4-8-17(15)18/h1-9,18H,10-13H2,(H,25,29)(H,27,32)(H,28,33)(H,30,31). The second-order valence-corrected chi connectivity index (χ2v) is 8.77. The van der Waals surface area contributed by atoms with Crippen molar-refractivity contribution in [3.63, 3.8) is 0 Å². The predicted molar refractivity (Wildman–Crippen MR) is 127 cm³/mol. The minimum Gasteiger partial charge on any atom is -0.480 e. The van der Waals surface area contributed by atoms with Crippen LogP contribution in [0.5, 0.6) is 0 Å². The number of alkyl carbamates (subject to hydrolysis) is 1. The number of carboxylic acid groups (broad SMARTS) is 1. The van der Waals surface area contributed by atoms with Gasteiger partial charge in [0.15, 0.2) is 0 Å². The number of aliphatic carboxylic acids is 1. The summed E-state index contributed by atoms with van der Waals surface area (Å²) < 4.78 is 5.48. The molecule has 4 rings (SSSR count). The summed E-state index contributed by atoms with van der Waals surface area (Å²) in [5, 5.41) is 16.2. The van der Waals surface area contributed by atoms with Gasteiger partial charge in [-0.3, -0.25) is 14.4 Å². The van der Waals surface area contributed by atoms with E-state index in [1.807, 2.05) is 36.4 Å². The molecule has 0 bridgehead atoms. The maximum absolute atomic E-state index is 12.3. The molecule has 4 N–H and O–H groups in total. The predicted octanol–water partition coefficient (Wildman–Crippen LogP) is 2.11. The van der Waals surface area contributed by atoms with Gasteiger partial charge in [-0.25, -0.2) is 9.78 Å². The molecule has 1 aromatic heterocycles. The summed E-state index contributed by atoms with van der Waals surface area (Å²) in [7, 11) is 0. The highest BCUT2D eigenvalue weighted by molar-refractivity contribution is 7.13. The quantitative estimate of drug-likeness (QED) is 0.356. The third-order valence-electron chi connectivity index (χ3n) is 5.35. The van der Waals surface area contributed by atoms with Crippen LogP contribution in [0, 0.1) is 0 Å². The number of nitrogens with zero attached hydrogens (tertiary/aromatic N) is 1. The number of amides is 3. The Bertz CT molecular complexity index is 1230. The zero-order valence-electron chi connectivity index (χ0n) is 18.4. The summed E-state index contributed by atoms with van der Waals surface area (Å²) in [5.74, 6) is -2.38. The Kier molecular flexibility index (Phi) is 7.36. The number of carboxylic acids is 1. The smallest absolute Gasteiger partial charge is 0.407 e. The van der Waals surface area contributed by atoms with Crippen molar-refractivity contribution in [2.45, 2.75) is 12.5 Å². The Hall–Kier alpha value is -4.25. The minimum atomic E-state index is -1.18. The summed E-state index contributed by atoms with van der Waals surface area (Å²) in [5.41, 5.74) is 4.53. The highest BCUT2D eigenvalue weighted by Crippen LogP contribution is 2.44. The molecule has 2 aromatic carbocycles. The second kappa shape index (κ2) is 10.8. The van der Waals surface area contributed by atoms with E-state index in [2.05, 4.69) is 33.1 Å². The van der Waals surface area contributed by atoms with Crippen LogP contribution in [0.15, 0.2) is 54.7 Å². The van der Waals surface area contributed by atoms with Crippen LogP contribution in [0.1, 0.15) is 31.7 Å². The van der Waals surface area contributed by atoms with Gasteiger partial charge < -0.3 is 25.8 Å². The number of thiazole rings is 1. The lowest BCUT2D eigenvalue weighted by Gasteiger charge is -2.14. The average Bonchev–Trinajstić information content (AvgIpc) is 3.46. The molecule has 1 aliphatic carbocycles. The van der Waals surface area contributed by atoms with E-state index >= 15 is 0 Å². The number of ether oxygens (including phenoxy) is 1. The molecule has 0 radical (unpaired) electrons. The van der Waals surface area contributed by atoms with E-state index in [4.69, 9.17) is 9.84 Å². The van der Waals surface area contributed by atoms with Gasteiger partial charge in [-0.15, -0.1) is 11.3 Å². The maximum Gasteiger partial charge on any atom is 0.407 e. The van der Waals surface area contributed by atoms with E-state index in [1.165, 1.54) is 6.20 Å². The van der Waals surface area contributed by atoms with Gasteiger partial charge in [0, 0.05) is 5.92 Å². The number of rotatable bonds is 9. The normalized spacial score (nSPS) is 11.8. The van der Waals surface area contributed by atoms with Crippen LogP contribution >= 0.6 is 11.3 Å². The minimum absolute atomic E-state index is 0.0454. The molecule has 1 heterocycles. The molecule has 3 amide bonds. The molecule has 10 nitrogen and oxygen atoms in total. The number of hydrogen-bond donors (Lipinski definition) is 4. The molecule has 1 aliphatic rings. The van der Waals surface area contributed by atoms with E-state index in [0.717, 1.165) is 33.6 Å². The fourth-order valence-electron chi connectivity index (χ4n) is 3.78.